The van der Waals surface area contributed by atoms with Crippen molar-refractivity contribution in [1.82, 2.24) is 0 Å². The predicted octanol–water partition coefficient (Wildman–Crippen LogP) is 15.1. The first kappa shape index (κ1) is 44.9. The monoisotopic (exact) mass is 864 g/mol. The molecular formula is C62H66BN3. The zero-order chi connectivity index (χ0) is 47.4. The van der Waals surface area contributed by atoms with Gasteiger partial charge in [0.2, 0.25) is 0 Å². The summed E-state index contributed by atoms with van der Waals surface area (Å²) in [5, 5.41) is 9.71. The molecule has 332 valence electrons. The van der Waals surface area contributed by atoms with Crippen LogP contribution in [-0.4, -0.2) is 6.71 Å². The second kappa shape index (κ2) is 15.7. The number of para-hydroxylation sites is 1. The van der Waals surface area contributed by atoms with Gasteiger partial charge < -0.3 is 9.80 Å². The minimum absolute atomic E-state index is 0.0536. The molecule has 0 unspecified atom stereocenters. The highest BCUT2D eigenvalue weighted by Gasteiger charge is 2.44. The lowest BCUT2D eigenvalue weighted by atomic mass is 9.33. The van der Waals surface area contributed by atoms with Crippen LogP contribution in [0.1, 0.15) is 128 Å². The Labute approximate surface area is 396 Å². The number of fused-ring (bicyclic) bond motifs is 4. The Morgan fingerprint density at radius 2 is 0.864 bits per heavy atom. The Hall–Kier alpha value is -6.31. The molecule has 2 aliphatic heterocycles. The van der Waals surface area contributed by atoms with Crippen molar-refractivity contribution in [2.75, 3.05) is 9.80 Å². The van der Waals surface area contributed by atoms with E-state index >= 15 is 0 Å². The van der Waals surface area contributed by atoms with Crippen LogP contribution in [0.4, 0.5) is 34.1 Å². The van der Waals surface area contributed by atoms with Crippen molar-refractivity contribution >= 4 is 57.2 Å². The quantitative estimate of drug-likeness (QED) is 0.165. The number of hydrogen-bond acceptors (Lipinski definition) is 3. The molecule has 0 saturated carbocycles. The van der Waals surface area contributed by atoms with Gasteiger partial charge in [0.1, 0.15) is 0 Å². The van der Waals surface area contributed by atoms with Gasteiger partial charge in [-0.2, -0.15) is 5.26 Å². The first-order chi connectivity index (χ1) is 30.9. The molecule has 0 aliphatic carbocycles. The summed E-state index contributed by atoms with van der Waals surface area (Å²) in [6.45, 7) is 34.7. The lowest BCUT2D eigenvalue weighted by Gasteiger charge is -2.45. The third-order valence-electron chi connectivity index (χ3n) is 14.1. The average molecular weight is 864 g/mol. The molecule has 0 atom stereocenters. The lowest BCUT2D eigenvalue weighted by Crippen LogP contribution is -2.61. The van der Waals surface area contributed by atoms with Gasteiger partial charge in [-0.15, -0.1) is 0 Å². The number of nitrogens with zero attached hydrogens (tertiary/aromatic N) is 3. The van der Waals surface area contributed by atoms with E-state index in [-0.39, 0.29) is 28.4 Å². The van der Waals surface area contributed by atoms with Gasteiger partial charge in [0.05, 0.1) is 11.6 Å². The Morgan fingerprint density at radius 1 is 0.424 bits per heavy atom. The Morgan fingerprint density at radius 3 is 1.32 bits per heavy atom. The molecule has 0 fully saturated rings. The van der Waals surface area contributed by atoms with Crippen LogP contribution in [-0.2, 0) is 21.7 Å². The van der Waals surface area contributed by atoms with Gasteiger partial charge in [-0.05, 0) is 175 Å². The third kappa shape index (κ3) is 7.85. The van der Waals surface area contributed by atoms with Crippen LogP contribution in [0.5, 0.6) is 0 Å². The maximum atomic E-state index is 9.71. The summed E-state index contributed by atoms with van der Waals surface area (Å²) in [5.41, 5.74) is 25.3. The fourth-order valence-corrected chi connectivity index (χ4v) is 10.4. The topological polar surface area (TPSA) is 30.3 Å². The molecule has 0 N–H and O–H groups in total. The fraction of sp³-hybridized carbons (Fsp3) is 0.306. The average Bonchev–Trinajstić information content (AvgIpc) is 3.24. The van der Waals surface area contributed by atoms with E-state index in [0.717, 1.165) is 11.1 Å². The molecule has 0 saturated heterocycles. The van der Waals surface area contributed by atoms with Crippen LogP contribution < -0.4 is 26.2 Å². The number of benzene rings is 7. The standard InChI is InChI=1S/C62H66BN3/c1-38-26-39(2)57(40(3)27-38)44-29-55-58-56(30-44)66(50-35-47(61(10,11)12)32-48(36-50)62(13,14)15)54-25-24-43(42-22-20-41(37-64)21-23-42)28-52(54)63(58)51-18-16-17-19-53(51)65(55)49-33-45(59(4,5)6)31-46(34-49)60(7,8)9/h16-36H,1-15H3. The molecule has 66 heavy (non-hydrogen) atoms. The minimum atomic E-state index is -0.0768. The predicted molar refractivity (Wildman–Crippen MR) is 285 cm³/mol. The van der Waals surface area contributed by atoms with E-state index in [9.17, 15) is 5.26 Å². The third-order valence-corrected chi connectivity index (χ3v) is 14.1. The van der Waals surface area contributed by atoms with Crippen molar-refractivity contribution in [3.8, 4) is 28.3 Å². The molecule has 0 spiro atoms. The van der Waals surface area contributed by atoms with E-state index in [1.54, 1.807) is 0 Å². The summed E-state index contributed by atoms with van der Waals surface area (Å²) in [7, 11) is 0. The molecule has 4 heteroatoms. The Bertz CT molecular complexity index is 3010. The van der Waals surface area contributed by atoms with E-state index < -0.39 is 0 Å². The van der Waals surface area contributed by atoms with Crippen molar-refractivity contribution in [3.05, 3.63) is 172 Å². The molecular weight excluding hydrogens is 798 g/mol. The smallest absolute Gasteiger partial charge is 0.252 e. The number of rotatable bonds is 4. The molecule has 3 nitrogen and oxygen atoms in total. The summed E-state index contributed by atoms with van der Waals surface area (Å²) in [5.74, 6) is 0. The van der Waals surface area contributed by atoms with Crippen molar-refractivity contribution in [2.24, 2.45) is 0 Å². The molecule has 0 radical (unpaired) electrons. The summed E-state index contributed by atoms with van der Waals surface area (Å²) in [4.78, 5) is 5.19. The van der Waals surface area contributed by atoms with Crippen molar-refractivity contribution in [3.63, 3.8) is 0 Å². The normalized spacial score (nSPS) is 13.6. The molecule has 2 aliphatic rings. The van der Waals surface area contributed by atoms with E-state index in [2.05, 4.69) is 235 Å². The summed E-state index contributed by atoms with van der Waals surface area (Å²) < 4.78 is 0. The second-order valence-electron chi connectivity index (χ2n) is 23.4. The maximum absolute atomic E-state index is 9.71. The molecule has 9 rings (SSSR count). The molecule has 0 bridgehead atoms. The van der Waals surface area contributed by atoms with Gasteiger partial charge in [0.25, 0.3) is 6.71 Å². The van der Waals surface area contributed by atoms with E-state index in [1.807, 2.05) is 12.1 Å². The van der Waals surface area contributed by atoms with Gasteiger partial charge in [-0.1, -0.05) is 155 Å². The number of nitriles is 1. The van der Waals surface area contributed by atoms with Crippen molar-refractivity contribution in [1.29, 1.82) is 5.26 Å². The zero-order valence-corrected chi connectivity index (χ0v) is 42.0. The van der Waals surface area contributed by atoms with Crippen LogP contribution in [0.25, 0.3) is 22.3 Å². The summed E-state index contributed by atoms with van der Waals surface area (Å²) >= 11 is 0. The van der Waals surface area contributed by atoms with Gasteiger partial charge in [0, 0.05) is 34.1 Å². The number of hydrogen-bond donors (Lipinski definition) is 0. The van der Waals surface area contributed by atoms with Gasteiger partial charge in [-0.3, -0.25) is 0 Å². The molecule has 7 aromatic rings. The lowest BCUT2D eigenvalue weighted by molar-refractivity contribution is 0.568. The van der Waals surface area contributed by atoms with E-state index in [0.29, 0.717) is 5.56 Å². The zero-order valence-electron chi connectivity index (χ0n) is 42.0. The summed E-state index contributed by atoms with van der Waals surface area (Å²) in [6, 6.07) is 50.9. The first-order valence-electron chi connectivity index (χ1n) is 23.8. The first-order valence-corrected chi connectivity index (χ1v) is 23.8. The van der Waals surface area contributed by atoms with Crippen molar-refractivity contribution < 1.29 is 0 Å². The van der Waals surface area contributed by atoms with Crippen LogP contribution in [0.2, 0.25) is 0 Å². The van der Waals surface area contributed by atoms with Crippen LogP contribution in [0.15, 0.2) is 127 Å². The molecule has 2 heterocycles. The van der Waals surface area contributed by atoms with E-state index in [4.69, 9.17) is 0 Å². The van der Waals surface area contributed by atoms with Crippen LogP contribution >= 0.6 is 0 Å². The SMILES string of the molecule is Cc1cc(C)c(-c2cc3c4c(c2)N(c2cc(C(C)(C)C)cc(C(C)(C)C)c2)c2ccc(-c5ccc(C#N)cc5)cc2B4c2ccccc2N3c2cc(C(C)(C)C)cc(C(C)(C)C)c2)c(C)c1. The second-order valence-corrected chi connectivity index (χ2v) is 23.4. The van der Waals surface area contributed by atoms with Gasteiger partial charge >= 0.3 is 0 Å². The number of aryl methyl sites for hydroxylation is 3. The fourth-order valence-electron chi connectivity index (χ4n) is 10.4. The van der Waals surface area contributed by atoms with Crippen molar-refractivity contribution in [2.45, 2.75) is 126 Å². The van der Waals surface area contributed by atoms with E-state index in [1.165, 1.54) is 101 Å². The minimum Gasteiger partial charge on any atom is -0.311 e. The molecule has 7 aromatic carbocycles. The maximum Gasteiger partial charge on any atom is 0.252 e. The summed E-state index contributed by atoms with van der Waals surface area (Å²) in [6.07, 6.45) is 0. The number of anilines is 6. The van der Waals surface area contributed by atoms with Gasteiger partial charge in [-0.25, -0.2) is 0 Å². The molecule has 0 amide bonds. The highest BCUT2D eigenvalue weighted by molar-refractivity contribution is 7.00. The largest absolute Gasteiger partial charge is 0.311 e. The molecule has 0 aromatic heterocycles. The highest BCUT2D eigenvalue weighted by atomic mass is 15.2. The van der Waals surface area contributed by atoms with Gasteiger partial charge in [0.15, 0.2) is 0 Å². The Balaban J connectivity index is 1.46. The van der Waals surface area contributed by atoms with Crippen LogP contribution in [0, 0.1) is 32.1 Å². The van der Waals surface area contributed by atoms with Crippen LogP contribution in [0.3, 0.4) is 0 Å². The Kier molecular flexibility index (Phi) is 10.6. The highest BCUT2D eigenvalue weighted by Crippen LogP contribution is 2.49.